The molecule has 0 saturated heterocycles. The summed E-state index contributed by atoms with van der Waals surface area (Å²) >= 11 is 5.90. The Kier molecular flexibility index (Phi) is 3.89. The van der Waals surface area contributed by atoms with Gasteiger partial charge in [-0.1, -0.05) is 41.9 Å². The number of benzene rings is 2. The summed E-state index contributed by atoms with van der Waals surface area (Å²) < 4.78 is 13.7. The molecule has 0 saturated carbocycles. The van der Waals surface area contributed by atoms with E-state index in [0.29, 0.717) is 17.7 Å². The molecule has 5 heteroatoms. The Morgan fingerprint density at radius 2 is 2.00 bits per heavy atom. The van der Waals surface area contributed by atoms with Gasteiger partial charge in [-0.15, -0.1) is 0 Å². The van der Waals surface area contributed by atoms with Crippen LogP contribution >= 0.6 is 11.6 Å². The van der Waals surface area contributed by atoms with E-state index < -0.39 is 11.9 Å². The fraction of sp³-hybridized carbons (Fsp3) is 0.235. The summed E-state index contributed by atoms with van der Waals surface area (Å²) in [5.41, 5.74) is 8.26. The highest BCUT2D eigenvalue weighted by Crippen LogP contribution is 2.37. The van der Waals surface area contributed by atoms with E-state index >= 15 is 0 Å². The number of anilines is 1. The van der Waals surface area contributed by atoms with Gasteiger partial charge in [-0.2, -0.15) is 0 Å². The highest BCUT2D eigenvalue weighted by atomic mass is 35.5. The summed E-state index contributed by atoms with van der Waals surface area (Å²) in [5, 5.41) is 0.00674. The van der Waals surface area contributed by atoms with E-state index in [1.54, 1.807) is 4.90 Å². The largest absolute Gasteiger partial charge is 0.320 e. The molecule has 2 aromatic rings. The first-order chi connectivity index (χ1) is 10.5. The Bertz CT molecular complexity index is 720. The minimum Gasteiger partial charge on any atom is -0.320 e. The van der Waals surface area contributed by atoms with Crippen molar-refractivity contribution >= 4 is 23.2 Å². The average molecular weight is 319 g/mol. The SMILES string of the molecule is C[C@@H](c1ccccc1)N1C(=O)[C@H](N)Cc2cc(F)c(Cl)cc21. The van der Waals surface area contributed by atoms with Gasteiger partial charge >= 0.3 is 0 Å². The summed E-state index contributed by atoms with van der Waals surface area (Å²) in [5.74, 6) is -0.666. The standard InChI is InChI=1S/C17H16ClFN2O/c1-10(11-5-3-2-4-6-11)21-16-9-13(18)14(19)7-12(16)8-15(20)17(21)22/h2-7,9-10,15H,8,20H2,1H3/t10-,15+/m0/s1. The second-order valence-electron chi connectivity index (χ2n) is 5.50. The minimum atomic E-state index is -0.667. The summed E-state index contributed by atoms with van der Waals surface area (Å²) in [6.45, 7) is 1.92. The number of fused-ring (bicyclic) bond motifs is 1. The predicted octanol–water partition coefficient (Wildman–Crippen LogP) is 3.46. The fourth-order valence-electron chi connectivity index (χ4n) is 2.87. The van der Waals surface area contributed by atoms with Gasteiger partial charge in [-0.25, -0.2) is 4.39 Å². The van der Waals surface area contributed by atoms with Gasteiger partial charge in [0.25, 0.3) is 0 Å². The average Bonchev–Trinajstić information content (AvgIpc) is 2.51. The van der Waals surface area contributed by atoms with Crippen molar-refractivity contribution < 1.29 is 9.18 Å². The Hall–Kier alpha value is -1.91. The number of nitrogens with two attached hydrogens (primary N) is 1. The normalized spacial score (nSPS) is 19.0. The van der Waals surface area contributed by atoms with Crippen molar-refractivity contribution in [2.45, 2.75) is 25.4 Å². The topological polar surface area (TPSA) is 46.3 Å². The monoisotopic (exact) mass is 318 g/mol. The van der Waals surface area contributed by atoms with Crippen LogP contribution in [0.25, 0.3) is 0 Å². The van der Waals surface area contributed by atoms with Gasteiger partial charge < -0.3 is 10.6 Å². The maximum atomic E-state index is 13.7. The number of carbonyl (C=O) groups excluding carboxylic acids is 1. The van der Waals surface area contributed by atoms with Gasteiger partial charge in [0.2, 0.25) is 5.91 Å². The lowest BCUT2D eigenvalue weighted by molar-refractivity contribution is -0.120. The highest BCUT2D eigenvalue weighted by Gasteiger charge is 2.34. The molecule has 1 aliphatic rings. The number of halogens is 2. The van der Waals surface area contributed by atoms with Crippen LogP contribution < -0.4 is 10.6 Å². The molecule has 3 nitrogen and oxygen atoms in total. The molecule has 0 aliphatic carbocycles. The molecule has 0 radical (unpaired) electrons. The molecule has 0 spiro atoms. The van der Waals surface area contributed by atoms with E-state index in [-0.39, 0.29) is 17.0 Å². The van der Waals surface area contributed by atoms with Crippen molar-refractivity contribution in [3.8, 4) is 0 Å². The van der Waals surface area contributed by atoms with Crippen molar-refractivity contribution in [2.24, 2.45) is 5.73 Å². The first-order valence-corrected chi connectivity index (χ1v) is 7.48. The van der Waals surface area contributed by atoms with E-state index in [0.717, 1.165) is 5.56 Å². The van der Waals surface area contributed by atoms with Crippen LogP contribution in [0.4, 0.5) is 10.1 Å². The van der Waals surface area contributed by atoms with Crippen LogP contribution in [0.1, 0.15) is 24.1 Å². The van der Waals surface area contributed by atoms with E-state index in [9.17, 15) is 9.18 Å². The number of amides is 1. The molecule has 114 valence electrons. The first-order valence-electron chi connectivity index (χ1n) is 7.10. The molecule has 1 aliphatic heterocycles. The van der Waals surface area contributed by atoms with Crippen molar-refractivity contribution in [2.75, 3.05) is 4.90 Å². The zero-order chi connectivity index (χ0) is 15.9. The molecule has 0 fully saturated rings. The van der Waals surface area contributed by atoms with Crippen LogP contribution in [0.15, 0.2) is 42.5 Å². The number of hydrogen-bond acceptors (Lipinski definition) is 2. The Balaban J connectivity index is 2.11. The van der Waals surface area contributed by atoms with Gasteiger partial charge in [0.15, 0.2) is 0 Å². The van der Waals surface area contributed by atoms with Crippen LogP contribution in [0.2, 0.25) is 5.02 Å². The quantitative estimate of drug-likeness (QED) is 0.921. The van der Waals surface area contributed by atoms with E-state index in [1.807, 2.05) is 37.3 Å². The second-order valence-corrected chi connectivity index (χ2v) is 5.91. The predicted molar refractivity (Wildman–Crippen MR) is 85.4 cm³/mol. The maximum Gasteiger partial charge on any atom is 0.244 e. The van der Waals surface area contributed by atoms with Crippen molar-refractivity contribution in [3.63, 3.8) is 0 Å². The van der Waals surface area contributed by atoms with Crippen LogP contribution in [0.3, 0.4) is 0 Å². The summed E-state index contributed by atoms with van der Waals surface area (Å²) in [4.78, 5) is 14.2. The lowest BCUT2D eigenvalue weighted by atomic mass is 9.94. The summed E-state index contributed by atoms with van der Waals surface area (Å²) in [6, 6.07) is 11.6. The van der Waals surface area contributed by atoms with Gasteiger partial charge in [0.05, 0.1) is 17.1 Å². The van der Waals surface area contributed by atoms with Gasteiger partial charge in [0, 0.05) is 5.69 Å². The van der Waals surface area contributed by atoms with Crippen molar-refractivity contribution in [1.82, 2.24) is 0 Å². The van der Waals surface area contributed by atoms with Crippen LogP contribution in [-0.2, 0) is 11.2 Å². The zero-order valence-electron chi connectivity index (χ0n) is 12.1. The Morgan fingerprint density at radius 1 is 1.32 bits per heavy atom. The molecular formula is C17H16ClFN2O. The Morgan fingerprint density at radius 3 is 2.68 bits per heavy atom. The lowest BCUT2D eigenvalue weighted by Crippen LogP contribution is -2.49. The fourth-order valence-corrected chi connectivity index (χ4v) is 3.02. The highest BCUT2D eigenvalue weighted by molar-refractivity contribution is 6.31. The smallest absolute Gasteiger partial charge is 0.244 e. The summed E-state index contributed by atoms with van der Waals surface area (Å²) in [6.07, 6.45) is 0.320. The van der Waals surface area contributed by atoms with Crippen LogP contribution in [-0.4, -0.2) is 11.9 Å². The van der Waals surface area contributed by atoms with E-state index in [2.05, 4.69) is 0 Å². The summed E-state index contributed by atoms with van der Waals surface area (Å²) in [7, 11) is 0. The molecule has 1 heterocycles. The van der Waals surface area contributed by atoms with E-state index in [4.69, 9.17) is 17.3 Å². The van der Waals surface area contributed by atoms with E-state index in [1.165, 1.54) is 12.1 Å². The molecular weight excluding hydrogens is 303 g/mol. The van der Waals surface area contributed by atoms with Crippen molar-refractivity contribution in [3.05, 3.63) is 64.4 Å². The molecule has 2 aromatic carbocycles. The van der Waals surface area contributed by atoms with Gasteiger partial charge in [-0.3, -0.25) is 4.79 Å². The third-order valence-electron chi connectivity index (χ3n) is 4.04. The molecule has 0 unspecified atom stereocenters. The minimum absolute atomic E-state index is 0.00674. The van der Waals surface area contributed by atoms with Gasteiger partial charge in [-0.05, 0) is 36.6 Å². The lowest BCUT2D eigenvalue weighted by Gasteiger charge is -2.37. The third kappa shape index (κ3) is 2.49. The number of carbonyl (C=O) groups is 1. The number of nitrogens with zero attached hydrogens (tertiary/aromatic N) is 1. The molecule has 2 atom stereocenters. The second kappa shape index (κ2) is 5.71. The number of rotatable bonds is 2. The maximum absolute atomic E-state index is 13.7. The zero-order valence-corrected chi connectivity index (χ0v) is 12.8. The molecule has 2 N–H and O–H groups in total. The van der Waals surface area contributed by atoms with Crippen LogP contribution in [0.5, 0.6) is 0 Å². The molecule has 1 amide bonds. The van der Waals surface area contributed by atoms with Crippen molar-refractivity contribution in [1.29, 1.82) is 0 Å². The molecule has 3 rings (SSSR count). The molecule has 0 aromatic heterocycles. The first kappa shape index (κ1) is 15.0. The third-order valence-corrected chi connectivity index (χ3v) is 4.33. The molecule has 0 bridgehead atoms. The van der Waals surface area contributed by atoms with Crippen LogP contribution in [0, 0.1) is 5.82 Å². The Labute approximate surface area is 133 Å². The number of hydrogen-bond donors (Lipinski definition) is 1. The molecule has 22 heavy (non-hydrogen) atoms. The van der Waals surface area contributed by atoms with Gasteiger partial charge in [0.1, 0.15) is 5.82 Å².